The van der Waals surface area contributed by atoms with Gasteiger partial charge in [0.1, 0.15) is 11.6 Å². The fraction of sp³-hybridized carbons (Fsp3) is 0.450. The number of hydrogen-bond acceptors (Lipinski definition) is 8. The number of nitrogens with zero attached hydrogens (tertiary/aromatic N) is 2. The Morgan fingerprint density at radius 1 is 1.17 bits per heavy atom. The number of benzene rings is 1. The predicted molar refractivity (Wildman–Crippen MR) is 115 cm³/mol. The van der Waals surface area contributed by atoms with Crippen LogP contribution in [-0.2, 0) is 10.0 Å². The Balaban J connectivity index is 1.68. The van der Waals surface area contributed by atoms with Crippen LogP contribution in [0.4, 0.5) is 11.8 Å². The van der Waals surface area contributed by atoms with Crippen molar-refractivity contribution in [1.82, 2.24) is 14.7 Å². The number of ether oxygens (including phenoxy) is 1. The maximum absolute atomic E-state index is 12.9. The van der Waals surface area contributed by atoms with Crippen LogP contribution in [0.2, 0.25) is 0 Å². The van der Waals surface area contributed by atoms with E-state index in [0.29, 0.717) is 17.3 Å². The summed E-state index contributed by atoms with van der Waals surface area (Å²) in [5.74, 6) is 0.604. The van der Waals surface area contributed by atoms with E-state index in [1.165, 1.54) is 19.6 Å². The van der Waals surface area contributed by atoms with E-state index < -0.39 is 10.0 Å². The standard InChI is InChI=1S/C20H27N5O4S/c1-12-4-9-17(29-2)15(10-12)18(26)16-11-22-20(24-19(16)21)23-13-5-7-14(8-6-13)25-30(3,27)28/h4,9-11,13-14,25H,5-8H2,1-3H3,(H3,21,22,23,24). The van der Waals surface area contributed by atoms with E-state index in [1.54, 1.807) is 12.1 Å². The van der Waals surface area contributed by atoms with E-state index in [2.05, 4.69) is 20.0 Å². The molecule has 10 heteroatoms. The molecule has 4 N–H and O–H groups in total. The van der Waals surface area contributed by atoms with Crippen molar-refractivity contribution in [3.63, 3.8) is 0 Å². The van der Waals surface area contributed by atoms with E-state index in [9.17, 15) is 13.2 Å². The monoisotopic (exact) mass is 433 g/mol. The van der Waals surface area contributed by atoms with Gasteiger partial charge in [-0.2, -0.15) is 4.98 Å². The van der Waals surface area contributed by atoms with Gasteiger partial charge < -0.3 is 15.8 Å². The molecule has 0 unspecified atom stereocenters. The molecule has 3 rings (SSSR count). The number of methoxy groups -OCH3 is 1. The molecule has 0 atom stereocenters. The van der Waals surface area contributed by atoms with E-state index in [1.807, 2.05) is 13.0 Å². The second-order valence-corrected chi connectivity index (χ2v) is 9.39. The molecule has 0 aliphatic heterocycles. The molecule has 1 fully saturated rings. The average Bonchev–Trinajstić information content (AvgIpc) is 2.68. The molecule has 1 aromatic carbocycles. The summed E-state index contributed by atoms with van der Waals surface area (Å²) < 4.78 is 30.7. The van der Waals surface area contributed by atoms with Gasteiger partial charge in [-0.05, 0) is 44.7 Å². The average molecular weight is 434 g/mol. The summed E-state index contributed by atoms with van der Waals surface area (Å²) in [5, 5.41) is 3.23. The van der Waals surface area contributed by atoms with E-state index in [4.69, 9.17) is 10.5 Å². The van der Waals surface area contributed by atoms with Crippen LogP contribution in [0.3, 0.4) is 0 Å². The second-order valence-electron chi connectivity index (χ2n) is 7.61. The first-order valence-electron chi connectivity index (χ1n) is 9.72. The fourth-order valence-electron chi connectivity index (χ4n) is 3.62. The van der Waals surface area contributed by atoms with Crippen molar-refractivity contribution in [1.29, 1.82) is 0 Å². The van der Waals surface area contributed by atoms with Crippen LogP contribution in [0.15, 0.2) is 24.4 Å². The van der Waals surface area contributed by atoms with Crippen LogP contribution < -0.4 is 20.5 Å². The SMILES string of the molecule is COc1ccc(C)cc1C(=O)c1cnc(NC2CCC(NS(C)(=O)=O)CC2)nc1N. The minimum Gasteiger partial charge on any atom is -0.496 e. The first kappa shape index (κ1) is 22.0. The molecule has 0 bridgehead atoms. The van der Waals surface area contributed by atoms with Crippen LogP contribution in [0.1, 0.15) is 47.2 Å². The lowest BCUT2D eigenvalue weighted by Gasteiger charge is -2.29. The highest BCUT2D eigenvalue weighted by molar-refractivity contribution is 7.88. The Labute approximate surface area is 176 Å². The molecule has 0 radical (unpaired) electrons. The van der Waals surface area contributed by atoms with Crippen LogP contribution in [0, 0.1) is 6.92 Å². The van der Waals surface area contributed by atoms with Gasteiger partial charge in [-0.1, -0.05) is 11.6 Å². The van der Waals surface area contributed by atoms with Gasteiger partial charge in [0, 0.05) is 18.3 Å². The Morgan fingerprint density at radius 3 is 2.43 bits per heavy atom. The Morgan fingerprint density at radius 2 is 1.83 bits per heavy atom. The van der Waals surface area contributed by atoms with Crippen molar-refractivity contribution in [3.05, 3.63) is 41.1 Å². The van der Waals surface area contributed by atoms with Gasteiger partial charge in [-0.15, -0.1) is 0 Å². The zero-order valence-electron chi connectivity index (χ0n) is 17.3. The molecule has 1 heterocycles. The topological polar surface area (TPSA) is 136 Å². The lowest BCUT2D eigenvalue weighted by molar-refractivity contribution is 0.103. The molecular weight excluding hydrogens is 406 g/mol. The lowest BCUT2D eigenvalue weighted by Crippen LogP contribution is -2.39. The summed E-state index contributed by atoms with van der Waals surface area (Å²) in [4.78, 5) is 21.4. The summed E-state index contributed by atoms with van der Waals surface area (Å²) in [6.07, 6.45) is 5.60. The number of ketones is 1. The van der Waals surface area contributed by atoms with Gasteiger partial charge in [0.15, 0.2) is 0 Å². The van der Waals surface area contributed by atoms with Crippen molar-refractivity contribution in [2.45, 2.75) is 44.7 Å². The molecule has 162 valence electrons. The van der Waals surface area contributed by atoms with Crippen molar-refractivity contribution < 1.29 is 17.9 Å². The van der Waals surface area contributed by atoms with Gasteiger partial charge in [0.25, 0.3) is 0 Å². The predicted octanol–water partition coefficient (Wildman–Crippen LogP) is 1.88. The minimum atomic E-state index is -3.20. The van der Waals surface area contributed by atoms with Gasteiger partial charge in [0.2, 0.25) is 21.8 Å². The smallest absolute Gasteiger partial charge is 0.224 e. The normalized spacial score (nSPS) is 19.3. The zero-order valence-corrected chi connectivity index (χ0v) is 18.1. The van der Waals surface area contributed by atoms with Crippen molar-refractivity contribution in [2.24, 2.45) is 0 Å². The highest BCUT2D eigenvalue weighted by Gasteiger charge is 2.24. The Kier molecular flexibility index (Phi) is 6.57. The van der Waals surface area contributed by atoms with Gasteiger partial charge in [0.05, 0.1) is 24.5 Å². The molecule has 1 aliphatic carbocycles. The summed E-state index contributed by atoms with van der Waals surface area (Å²) >= 11 is 0. The summed E-state index contributed by atoms with van der Waals surface area (Å²) in [6, 6.07) is 5.41. The number of anilines is 2. The number of carbonyl (C=O) groups is 1. The van der Waals surface area contributed by atoms with Crippen molar-refractivity contribution >= 4 is 27.6 Å². The number of rotatable bonds is 7. The van der Waals surface area contributed by atoms with Crippen LogP contribution in [-0.4, -0.2) is 49.6 Å². The number of nitrogens with two attached hydrogens (primary N) is 1. The van der Waals surface area contributed by atoms with E-state index >= 15 is 0 Å². The number of nitrogens with one attached hydrogen (secondary N) is 2. The van der Waals surface area contributed by atoms with Crippen LogP contribution in [0.25, 0.3) is 0 Å². The molecule has 0 amide bonds. The Bertz CT molecular complexity index is 1030. The quantitative estimate of drug-likeness (QED) is 0.563. The third kappa shape index (κ3) is 5.45. The number of aryl methyl sites for hydroxylation is 1. The van der Waals surface area contributed by atoms with Gasteiger partial charge in [-0.25, -0.2) is 18.1 Å². The zero-order chi connectivity index (χ0) is 21.9. The number of hydrogen-bond donors (Lipinski definition) is 3. The Hall–Kier alpha value is -2.72. The summed E-state index contributed by atoms with van der Waals surface area (Å²) in [5.41, 5.74) is 7.61. The summed E-state index contributed by atoms with van der Waals surface area (Å²) in [7, 11) is -1.69. The first-order chi connectivity index (χ1) is 14.2. The van der Waals surface area contributed by atoms with Gasteiger partial charge >= 0.3 is 0 Å². The molecule has 1 aliphatic rings. The molecule has 30 heavy (non-hydrogen) atoms. The summed E-state index contributed by atoms with van der Waals surface area (Å²) in [6.45, 7) is 1.89. The van der Waals surface area contributed by atoms with Gasteiger partial charge in [-0.3, -0.25) is 4.79 Å². The maximum atomic E-state index is 12.9. The lowest BCUT2D eigenvalue weighted by atomic mass is 9.92. The number of carbonyl (C=O) groups excluding carboxylic acids is 1. The molecule has 1 aromatic heterocycles. The molecule has 2 aromatic rings. The first-order valence-corrected chi connectivity index (χ1v) is 11.6. The molecular formula is C20H27N5O4S. The van der Waals surface area contributed by atoms with Crippen molar-refractivity contribution in [2.75, 3.05) is 24.4 Å². The minimum absolute atomic E-state index is 0.0478. The third-order valence-corrected chi connectivity index (χ3v) is 5.87. The van der Waals surface area contributed by atoms with Crippen LogP contribution in [0.5, 0.6) is 5.75 Å². The van der Waals surface area contributed by atoms with Crippen molar-refractivity contribution in [3.8, 4) is 5.75 Å². The molecule has 0 saturated heterocycles. The van der Waals surface area contributed by atoms with E-state index in [0.717, 1.165) is 31.2 Å². The highest BCUT2D eigenvalue weighted by atomic mass is 32.2. The maximum Gasteiger partial charge on any atom is 0.224 e. The molecule has 1 saturated carbocycles. The third-order valence-electron chi connectivity index (χ3n) is 5.10. The molecule has 0 spiro atoms. The largest absolute Gasteiger partial charge is 0.496 e. The van der Waals surface area contributed by atoms with E-state index in [-0.39, 0.29) is 29.2 Å². The number of sulfonamides is 1. The fourth-order valence-corrected chi connectivity index (χ4v) is 4.47. The van der Waals surface area contributed by atoms with Crippen LogP contribution >= 0.6 is 0 Å². The highest BCUT2D eigenvalue weighted by Crippen LogP contribution is 2.26. The number of nitrogen functional groups attached to an aromatic ring is 1. The second kappa shape index (κ2) is 8.97. The number of aromatic nitrogens is 2. The molecule has 9 nitrogen and oxygen atoms in total.